The maximum atomic E-state index is 11.8. The van der Waals surface area contributed by atoms with Crippen molar-refractivity contribution in [2.45, 2.75) is 38.7 Å². The summed E-state index contributed by atoms with van der Waals surface area (Å²) in [4.78, 5) is 22.8. The minimum Gasteiger partial charge on any atom is -0.461 e. The summed E-state index contributed by atoms with van der Waals surface area (Å²) in [5, 5.41) is 9.40. The van der Waals surface area contributed by atoms with E-state index in [-0.39, 0.29) is 37.2 Å². The third kappa shape index (κ3) is 4.07. The Morgan fingerprint density at radius 3 is 2.91 bits per heavy atom. The standard InChI is InChI=1S/C17H22O5/c1-11-15-7-6-13(9-18)4-3-5-14(10-21-12(2)19)8-16(15)22-17(11)20/h4,8,15-16,18H,1,3,5-7,9-10H2,2H3/b13-4+,14-8+/t15-,16+/m0/s1. The molecule has 0 spiro atoms. The first-order valence-electron chi connectivity index (χ1n) is 7.52. The molecule has 2 atom stereocenters. The number of fused-ring (bicyclic) bond motifs is 1. The predicted octanol–water partition coefficient (Wildman–Crippen LogP) is 2.07. The third-order valence-corrected chi connectivity index (χ3v) is 4.09. The second kappa shape index (κ2) is 7.40. The molecule has 1 aliphatic heterocycles. The van der Waals surface area contributed by atoms with E-state index in [0.717, 1.165) is 24.0 Å². The van der Waals surface area contributed by atoms with Gasteiger partial charge >= 0.3 is 11.9 Å². The van der Waals surface area contributed by atoms with Crippen molar-refractivity contribution in [3.63, 3.8) is 0 Å². The van der Waals surface area contributed by atoms with Gasteiger partial charge in [-0.3, -0.25) is 4.79 Å². The van der Waals surface area contributed by atoms with Gasteiger partial charge in [0.2, 0.25) is 0 Å². The molecule has 2 aliphatic rings. The molecule has 0 bridgehead atoms. The van der Waals surface area contributed by atoms with E-state index in [9.17, 15) is 14.7 Å². The zero-order valence-corrected chi connectivity index (χ0v) is 12.8. The number of esters is 2. The van der Waals surface area contributed by atoms with Gasteiger partial charge in [-0.1, -0.05) is 12.7 Å². The van der Waals surface area contributed by atoms with Gasteiger partial charge in [0.1, 0.15) is 12.7 Å². The van der Waals surface area contributed by atoms with E-state index in [1.807, 2.05) is 12.2 Å². The quantitative estimate of drug-likeness (QED) is 0.491. The highest BCUT2D eigenvalue weighted by Crippen LogP contribution is 2.34. The van der Waals surface area contributed by atoms with Crippen LogP contribution in [0.15, 0.2) is 35.5 Å². The van der Waals surface area contributed by atoms with Crippen LogP contribution >= 0.6 is 0 Å². The van der Waals surface area contributed by atoms with Gasteiger partial charge in [0.25, 0.3) is 0 Å². The summed E-state index contributed by atoms with van der Waals surface area (Å²) < 4.78 is 10.4. The van der Waals surface area contributed by atoms with Crippen LogP contribution in [0.25, 0.3) is 0 Å². The van der Waals surface area contributed by atoms with Crippen LogP contribution in [0.5, 0.6) is 0 Å². The minimum absolute atomic E-state index is 0.0155. The van der Waals surface area contributed by atoms with Crippen LogP contribution < -0.4 is 0 Å². The van der Waals surface area contributed by atoms with Gasteiger partial charge in [0.05, 0.1) is 6.61 Å². The second-order valence-corrected chi connectivity index (χ2v) is 5.70. The summed E-state index contributed by atoms with van der Waals surface area (Å²) in [7, 11) is 0. The van der Waals surface area contributed by atoms with Crippen molar-refractivity contribution in [3.8, 4) is 0 Å². The molecule has 1 fully saturated rings. The fraction of sp³-hybridized carbons (Fsp3) is 0.529. The van der Waals surface area contributed by atoms with E-state index < -0.39 is 0 Å². The van der Waals surface area contributed by atoms with Crippen molar-refractivity contribution < 1.29 is 24.2 Å². The normalized spacial score (nSPS) is 30.5. The Hall–Kier alpha value is -1.88. The number of carbonyl (C=O) groups is 2. The van der Waals surface area contributed by atoms with E-state index in [1.54, 1.807) is 0 Å². The Labute approximate surface area is 130 Å². The van der Waals surface area contributed by atoms with Crippen LogP contribution in [-0.2, 0) is 19.1 Å². The molecule has 0 unspecified atom stereocenters. The molecule has 120 valence electrons. The number of rotatable bonds is 3. The molecule has 0 aromatic heterocycles. The first-order valence-corrected chi connectivity index (χ1v) is 7.52. The molecule has 0 radical (unpaired) electrons. The van der Waals surface area contributed by atoms with E-state index in [4.69, 9.17) is 9.47 Å². The summed E-state index contributed by atoms with van der Waals surface area (Å²) in [6.07, 6.45) is 6.44. The van der Waals surface area contributed by atoms with Crippen LogP contribution in [0.2, 0.25) is 0 Å². The van der Waals surface area contributed by atoms with Crippen molar-refractivity contribution in [3.05, 3.63) is 35.5 Å². The highest BCUT2D eigenvalue weighted by atomic mass is 16.6. The Morgan fingerprint density at radius 1 is 1.45 bits per heavy atom. The fourth-order valence-corrected chi connectivity index (χ4v) is 2.80. The Kier molecular flexibility index (Phi) is 5.55. The summed E-state index contributed by atoms with van der Waals surface area (Å²) in [5.41, 5.74) is 2.36. The molecule has 5 heteroatoms. The predicted molar refractivity (Wildman–Crippen MR) is 80.9 cm³/mol. The van der Waals surface area contributed by atoms with Gasteiger partial charge in [0, 0.05) is 18.4 Å². The lowest BCUT2D eigenvalue weighted by Crippen LogP contribution is -2.17. The number of allylic oxidation sites excluding steroid dienone is 1. The summed E-state index contributed by atoms with van der Waals surface area (Å²) in [6, 6.07) is 0. The molecule has 1 saturated heterocycles. The molecule has 0 amide bonds. The lowest BCUT2D eigenvalue weighted by atomic mass is 9.88. The van der Waals surface area contributed by atoms with Gasteiger partial charge in [-0.15, -0.1) is 0 Å². The van der Waals surface area contributed by atoms with Crippen LogP contribution in [0.1, 0.15) is 32.6 Å². The van der Waals surface area contributed by atoms with E-state index >= 15 is 0 Å². The average Bonchev–Trinajstić information content (AvgIpc) is 2.75. The third-order valence-electron chi connectivity index (χ3n) is 4.09. The number of hydrogen-bond acceptors (Lipinski definition) is 5. The first-order chi connectivity index (χ1) is 10.5. The lowest BCUT2D eigenvalue weighted by Gasteiger charge is -2.19. The number of ether oxygens (including phenoxy) is 2. The Balaban J connectivity index is 2.21. The number of hydrogen-bond donors (Lipinski definition) is 1. The second-order valence-electron chi connectivity index (χ2n) is 5.70. The zero-order valence-electron chi connectivity index (χ0n) is 12.8. The van der Waals surface area contributed by atoms with E-state index in [2.05, 4.69) is 6.58 Å². The van der Waals surface area contributed by atoms with Crippen molar-refractivity contribution in [2.24, 2.45) is 5.92 Å². The average molecular weight is 306 g/mol. The topological polar surface area (TPSA) is 72.8 Å². The first kappa shape index (κ1) is 16.5. The van der Waals surface area contributed by atoms with Gasteiger partial charge in [0.15, 0.2) is 0 Å². The fourth-order valence-electron chi connectivity index (χ4n) is 2.80. The highest BCUT2D eigenvalue weighted by molar-refractivity contribution is 5.91. The van der Waals surface area contributed by atoms with Crippen molar-refractivity contribution in [2.75, 3.05) is 13.2 Å². The number of aliphatic hydroxyl groups is 1. The SMILES string of the molecule is C=C1C(=O)O[C@@H]2/C=C(/COC(C)=O)CC/C=C(/CO)CC[C@@H]12. The molecule has 0 aromatic carbocycles. The highest BCUT2D eigenvalue weighted by Gasteiger charge is 2.37. The molecule has 0 aromatic rings. The molecular weight excluding hydrogens is 284 g/mol. The summed E-state index contributed by atoms with van der Waals surface area (Å²) in [5.74, 6) is -0.798. The van der Waals surface area contributed by atoms with Crippen LogP contribution in [-0.4, -0.2) is 36.4 Å². The summed E-state index contributed by atoms with van der Waals surface area (Å²) >= 11 is 0. The Morgan fingerprint density at radius 2 is 2.23 bits per heavy atom. The molecule has 0 saturated carbocycles. The van der Waals surface area contributed by atoms with Gasteiger partial charge in [-0.05, 0) is 42.9 Å². The summed E-state index contributed by atoms with van der Waals surface area (Å²) in [6.45, 7) is 5.41. The van der Waals surface area contributed by atoms with Crippen molar-refractivity contribution in [1.82, 2.24) is 0 Å². The molecule has 22 heavy (non-hydrogen) atoms. The van der Waals surface area contributed by atoms with Crippen molar-refractivity contribution >= 4 is 11.9 Å². The van der Waals surface area contributed by atoms with Gasteiger partial charge in [-0.25, -0.2) is 4.79 Å². The lowest BCUT2D eigenvalue weighted by molar-refractivity contribution is -0.140. The maximum Gasteiger partial charge on any atom is 0.334 e. The van der Waals surface area contributed by atoms with Crippen LogP contribution in [0.3, 0.4) is 0 Å². The molecule has 5 nitrogen and oxygen atoms in total. The molecule has 1 aliphatic carbocycles. The molecule has 1 heterocycles. The molecule has 1 N–H and O–H groups in total. The monoisotopic (exact) mass is 306 g/mol. The zero-order chi connectivity index (χ0) is 16.1. The van der Waals surface area contributed by atoms with Crippen LogP contribution in [0.4, 0.5) is 0 Å². The van der Waals surface area contributed by atoms with Crippen molar-refractivity contribution in [1.29, 1.82) is 0 Å². The molecular formula is C17H22O5. The smallest absolute Gasteiger partial charge is 0.334 e. The number of carbonyl (C=O) groups excluding carboxylic acids is 2. The number of aliphatic hydroxyl groups excluding tert-OH is 1. The van der Waals surface area contributed by atoms with Crippen LogP contribution in [0, 0.1) is 5.92 Å². The molecule has 2 rings (SSSR count). The van der Waals surface area contributed by atoms with E-state index in [1.165, 1.54) is 6.92 Å². The largest absolute Gasteiger partial charge is 0.461 e. The Bertz CT molecular complexity index is 529. The maximum absolute atomic E-state index is 11.8. The van der Waals surface area contributed by atoms with E-state index in [0.29, 0.717) is 18.4 Å². The van der Waals surface area contributed by atoms with Gasteiger partial charge < -0.3 is 14.6 Å². The van der Waals surface area contributed by atoms with Gasteiger partial charge in [-0.2, -0.15) is 0 Å². The minimum atomic E-state index is -0.369.